The minimum atomic E-state index is 0.638. The molecule has 2 aromatic rings. The lowest BCUT2D eigenvalue weighted by molar-refractivity contribution is 0.736. The highest BCUT2D eigenvalue weighted by Crippen LogP contribution is 2.19. The number of aromatic nitrogens is 4. The predicted molar refractivity (Wildman–Crippen MR) is 80.1 cm³/mol. The Morgan fingerprint density at radius 3 is 2.25 bits per heavy atom. The molecular formula is C15H23N5. The molecular weight excluding hydrogens is 250 g/mol. The van der Waals surface area contributed by atoms with Gasteiger partial charge in [-0.25, -0.2) is 14.6 Å². The molecule has 0 bridgehead atoms. The van der Waals surface area contributed by atoms with Crippen LogP contribution in [0.3, 0.4) is 0 Å². The van der Waals surface area contributed by atoms with Gasteiger partial charge in [-0.3, -0.25) is 0 Å². The first-order chi connectivity index (χ1) is 9.60. The number of rotatable bonds is 5. The summed E-state index contributed by atoms with van der Waals surface area (Å²) >= 11 is 0. The van der Waals surface area contributed by atoms with Crippen molar-refractivity contribution in [3.8, 4) is 5.95 Å². The maximum absolute atomic E-state index is 5.74. The summed E-state index contributed by atoms with van der Waals surface area (Å²) in [4.78, 5) is 9.04. The van der Waals surface area contributed by atoms with E-state index in [4.69, 9.17) is 10.8 Å². The highest BCUT2D eigenvalue weighted by atomic mass is 15.4. The number of nitrogens with two attached hydrogens (primary N) is 1. The summed E-state index contributed by atoms with van der Waals surface area (Å²) in [5, 5.41) is 4.71. The maximum Gasteiger partial charge on any atom is 0.251 e. The number of hydrogen-bond acceptors (Lipinski definition) is 4. The minimum absolute atomic E-state index is 0.638. The van der Waals surface area contributed by atoms with Gasteiger partial charge >= 0.3 is 0 Å². The van der Waals surface area contributed by atoms with Crippen molar-refractivity contribution >= 4 is 0 Å². The normalized spacial score (nSPS) is 11.1. The van der Waals surface area contributed by atoms with Gasteiger partial charge in [-0.2, -0.15) is 5.10 Å². The highest BCUT2D eigenvalue weighted by Gasteiger charge is 2.17. The lowest BCUT2D eigenvalue weighted by Crippen LogP contribution is -2.10. The van der Waals surface area contributed by atoms with Crippen LogP contribution in [0, 0.1) is 13.8 Å². The van der Waals surface area contributed by atoms with Crippen molar-refractivity contribution in [2.24, 2.45) is 5.73 Å². The van der Waals surface area contributed by atoms with E-state index in [-0.39, 0.29) is 0 Å². The molecule has 2 rings (SSSR count). The van der Waals surface area contributed by atoms with Crippen LogP contribution in [-0.2, 0) is 19.3 Å². The molecule has 0 aromatic carbocycles. The molecule has 20 heavy (non-hydrogen) atoms. The maximum atomic E-state index is 5.74. The molecule has 0 fully saturated rings. The molecule has 5 nitrogen and oxygen atoms in total. The van der Waals surface area contributed by atoms with E-state index in [0.717, 1.165) is 36.3 Å². The van der Waals surface area contributed by atoms with Crippen LogP contribution in [0.25, 0.3) is 5.95 Å². The van der Waals surface area contributed by atoms with E-state index in [1.807, 2.05) is 24.6 Å². The Morgan fingerprint density at radius 1 is 1.10 bits per heavy atom. The molecule has 0 saturated carbocycles. The van der Waals surface area contributed by atoms with Gasteiger partial charge in [-0.1, -0.05) is 13.8 Å². The van der Waals surface area contributed by atoms with Crippen LogP contribution in [0.5, 0.6) is 0 Å². The van der Waals surface area contributed by atoms with Gasteiger partial charge < -0.3 is 5.73 Å². The average Bonchev–Trinajstić information content (AvgIpc) is 2.76. The Kier molecular flexibility index (Phi) is 4.49. The molecule has 0 atom stereocenters. The van der Waals surface area contributed by atoms with E-state index in [0.29, 0.717) is 12.5 Å². The van der Waals surface area contributed by atoms with Gasteiger partial charge in [0.05, 0.1) is 11.4 Å². The fourth-order valence-corrected chi connectivity index (χ4v) is 2.58. The fraction of sp³-hybridized carbons (Fsp3) is 0.533. The predicted octanol–water partition coefficient (Wildman–Crippen LogP) is 1.91. The molecule has 0 spiro atoms. The van der Waals surface area contributed by atoms with E-state index in [1.165, 1.54) is 11.3 Å². The summed E-state index contributed by atoms with van der Waals surface area (Å²) in [6, 6.07) is 1.97. The molecule has 108 valence electrons. The van der Waals surface area contributed by atoms with Gasteiger partial charge in [-0.05, 0) is 51.3 Å². The Bertz CT molecular complexity index is 580. The van der Waals surface area contributed by atoms with Gasteiger partial charge in [0.15, 0.2) is 0 Å². The Morgan fingerprint density at radius 2 is 1.75 bits per heavy atom. The highest BCUT2D eigenvalue weighted by molar-refractivity contribution is 5.32. The summed E-state index contributed by atoms with van der Waals surface area (Å²) in [5.41, 5.74) is 11.2. The van der Waals surface area contributed by atoms with Crippen LogP contribution in [0.1, 0.15) is 42.2 Å². The summed E-state index contributed by atoms with van der Waals surface area (Å²) < 4.78 is 1.89. The van der Waals surface area contributed by atoms with E-state index in [1.54, 1.807) is 0 Å². The topological polar surface area (TPSA) is 69.6 Å². The molecule has 0 aliphatic rings. The summed E-state index contributed by atoms with van der Waals surface area (Å²) in [5.74, 6) is 0.664. The van der Waals surface area contributed by atoms with Crippen LogP contribution >= 0.6 is 0 Å². The first-order valence-corrected chi connectivity index (χ1v) is 7.23. The SMILES string of the molecule is CCc1nn(-c2nc(C)cc(C)n2)c(CC)c1CCN. The van der Waals surface area contributed by atoms with Crippen molar-refractivity contribution in [2.75, 3.05) is 6.54 Å². The van der Waals surface area contributed by atoms with Gasteiger partial charge in [0.25, 0.3) is 5.95 Å². The Hall–Kier alpha value is -1.75. The first-order valence-electron chi connectivity index (χ1n) is 7.23. The number of nitrogens with zero attached hydrogens (tertiary/aromatic N) is 4. The van der Waals surface area contributed by atoms with Crippen molar-refractivity contribution in [1.82, 2.24) is 19.7 Å². The van der Waals surface area contributed by atoms with Crippen LogP contribution in [0.4, 0.5) is 0 Å². The summed E-state index contributed by atoms with van der Waals surface area (Å²) in [7, 11) is 0. The standard InChI is InChI=1S/C15H23N5/c1-5-13-12(7-8-16)14(6-2)20(19-13)15-17-10(3)9-11(4)18-15/h9H,5-8,16H2,1-4H3. The van der Waals surface area contributed by atoms with Crippen molar-refractivity contribution in [3.05, 3.63) is 34.4 Å². The third-order valence-electron chi connectivity index (χ3n) is 3.40. The van der Waals surface area contributed by atoms with Gasteiger partial charge in [-0.15, -0.1) is 0 Å². The molecule has 5 heteroatoms. The largest absolute Gasteiger partial charge is 0.330 e. The quantitative estimate of drug-likeness (QED) is 0.903. The Balaban J connectivity index is 2.60. The lowest BCUT2D eigenvalue weighted by Gasteiger charge is -2.07. The molecule has 2 heterocycles. The molecule has 0 amide bonds. The second kappa shape index (κ2) is 6.13. The van der Waals surface area contributed by atoms with Gasteiger partial charge in [0.1, 0.15) is 0 Å². The zero-order valence-electron chi connectivity index (χ0n) is 12.8. The molecule has 2 aromatic heterocycles. The van der Waals surface area contributed by atoms with E-state index < -0.39 is 0 Å². The lowest BCUT2D eigenvalue weighted by atomic mass is 10.1. The summed E-state index contributed by atoms with van der Waals surface area (Å²) in [6.07, 6.45) is 2.66. The first kappa shape index (κ1) is 14.7. The molecule has 0 aliphatic heterocycles. The van der Waals surface area contributed by atoms with Gasteiger partial charge in [0, 0.05) is 11.4 Å². The molecule has 0 radical (unpaired) electrons. The molecule has 0 aliphatic carbocycles. The van der Waals surface area contributed by atoms with Gasteiger partial charge in [0.2, 0.25) is 0 Å². The average molecular weight is 273 g/mol. The third-order valence-corrected chi connectivity index (χ3v) is 3.40. The molecule has 0 unspecified atom stereocenters. The van der Waals surface area contributed by atoms with Crippen molar-refractivity contribution in [2.45, 2.75) is 47.0 Å². The summed E-state index contributed by atoms with van der Waals surface area (Å²) in [6.45, 7) is 8.85. The zero-order chi connectivity index (χ0) is 14.7. The zero-order valence-corrected chi connectivity index (χ0v) is 12.8. The van der Waals surface area contributed by atoms with Crippen LogP contribution < -0.4 is 5.73 Å². The van der Waals surface area contributed by atoms with Crippen molar-refractivity contribution < 1.29 is 0 Å². The molecule has 0 saturated heterocycles. The second-order valence-corrected chi connectivity index (χ2v) is 4.98. The van der Waals surface area contributed by atoms with Crippen LogP contribution in [-0.4, -0.2) is 26.3 Å². The smallest absolute Gasteiger partial charge is 0.251 e. The second-order valence-electron chi connectivity index (χ2n) is 4.98. The minimum Gasteiger partial charge on any atom is -0.330 e. The fourth-order valence-electron chi connectivity index (χ4n) is 2.58. The van der Waals surface area contributed by atoms with E-state index >= 15 is 0 Å². The van der Waals surface area contributed by atoms with Crippen molar-refractivity contribution in [1.29, 1.82) is 0 Å². The van der Waals surface area contributed by atoms with E-state index in [9.17, 15) is 0 Å². The van der Waals surface area contributed by atoms with Crippen LogP contribution in [0.2, 0.25) is 0 Å². The van der Waals surface area contributed by atoms with Crippen molar-refractivity contribution in [3.63, 3.8) is 0 Å². The number of hydrogen-bond donors (Lipinski definition) is 1. The number of aryl methyl sites for hydroxylation is 3. The third kappa shape index (κ3) is 2.72. The van der Waals surface area contributed by atoms with Crippen LogP contribution in [0.15, 0.2) is 6.07 Å². The molecule has 2 N–H and O–H groups in total. The monoisotopic (exact) mass is 273 g/mol. The van der Waals surface area contributed by atoms with E-state index in [2.05, 4.69) is 23.8 Å². The Labute approximate surface area is 120 Å².